The number of carboxylic acids is 1. The molecular formula is C8H4BrF3INO3. The summed E-state index contributed by atoms with van der Waals surface area (Å²) in [5.41, 5.74) is -0.218. The first-order valence-electron chi connectivity index (χ1n) is 3.98. The van der Waals surface area contributed by atoms with E-state index in [2.05, 4.69) is 25.7 Å². The van der Waals surface area contributed by atoms with Gasteiger partial charge in [-0.25, -0.2) is 9.78 Å². The summed E-state index contributed by atoms with van der Waals surface area (Å²) >= 11 is 4.59. The van der Waals surface area contributed by atoms with Crippen molar-refractivity contribution in [1.82, 2.24) is 4.98 Å². The van der Waals surface area contributed by atoms with Gasteiger partial charge in [-0.05, 0) is 22.6 Å². The third-order valence-corrected chi connectivity index (χ3v) is 3.37. The lowest BCUT2D eigenvalue weighted by Gasteiger charge is -2.13. The molecule has 0 fully saturated rings. The molecule has 1 aromatic rings. The molecule has 0 aliphatic rings. The highest BCUT2D eigenvalue weighted by Crippen LogP contribution is 2.31. The number of carbonyl (C=O) groups is 1. The van der Waals surface area contributed by atoms with Crippen molar-refractivity contribution in [2.45, 2.75) is 11.7 Å². The second kappa shape index (κ2) is 5.38. The summed E-state index contributed by atoms with van der Waals surface area (Å²) in [6.45, 7) is 0. The molecule has 4 nitrogen and oxygen atoms in total. The number of aromatic nitrogens is 1. The third kappa shape index (κ3) is 3.69. The van der Waals surface area contributed by atoms with Crippen LogP contribution in [0.25, 0.3) is 0 Å². The predicted octanol–water partition coefficient (Wildman–Crippen LogP) is 3.18. The van der Waals surface area contributed by atoms with E-state index in [1.54, 1.807) is 22.6 Å². The smallest absolute Gasteiger partial charge is 0.476 e. The standard InChI is InChI=1S/C8H4BrF3INO3/c9-1-3-4(17-8(10,11)12)2-14-6(5(3)13)7(15)16/h2H,1H2,(H,15,16). The van der Waals surface area contributed by atoms with E-state index < -0.39 is 18.1 Å². The number of carboxylic acid groups (broad SMARTS) is 1. The van der Waals surface area contributed by atoms with Gasteiger partial charge in [-0.2, -0.15) is 0 Å². The molecule has 94 valence electrons. The average molecular weight is 426 g/mol. The van der Waals surface area contributed by atoms with E-state index in [-0.39, 0.29) is 20.2 Å². The number of rotatable bonds is 3. The van der Waals surface area contributed by atoms with Crippen molar-refractivity contribution >= 4 is 44.5 Å². The number of nitrogens with zero attached hydrogens (tertiary/aromatic N) is 1. The molecule has 0 saturated heterocycles. The number of halogens is 5. The Bertz CT molecular complexity index is 452. The van der Waals surface area contributed by atoms with Gasteiger partial charge in [0, 0.05) is 10.9 Å². The fraction of sp³-hybridized carbons (Fsp3) is 0.250. The Balaban J connectivity index is 3.26. The van der Waals surface area contributed by atoms with Crippen LogP contribution in [-0.4, -0.2) is 22.4 Å². The summed E-state index contributed by atoms with van der Waals surface area (Å²) in [7, 11) is 0. The summed E-state index contributed by atoms with van der Waals surface area (Å²) in [4.78, 5) is 14.2. The topological polar surface area (TPSA) is 59.4 Å². The van der Waals surface area contributed by atoms with E-state index in [1.165, 1.54) is 0 Å². The fourth-order valence-electron chi connectivity index (χ4n) is 0.995. The average Bonchev–Trinajstić information content (AvgIpc) is 2.15. The predicted molar refractivity (Wildman–Crippen MR) is 63.2 cm³/mol. The second-order valence-corrected chi connectivity index (χ2v) is 4.39. The van der Waals surface area contributed by atoms with Gasteiger partial charge in [-0.15, -0.1) is 13.2 Å². The molecule has 0 bridgehead atoms. The lowest BCUT2D eigenvalue weighted by molar-refractivity contribution is -0.275. The number of pyridine rings is 1. The number of hydrogen-bond acceptors (Lipinski definition) is 3. The molecule has 17 heavy (non-hydrogen) atoms. The van der Waals surface area contributed by atoms with Crippen LogP contribution in [0.2, 0.25) is 0 Å². The first-order valence-corrected chi connectivity index (χ1v) is 6.18. The Morgan fingerprint density at radius 2 is 2.18 bits per heavy atom. The van der Waals surface area contributed by atoms with Crippen LogP contribution < -0.4 is 4.74 Å². The second-order valence-electron chi connectivity index (χ2n) is 2.75. The van der Waals surface area contributed by atoms with Gasteiger partial charge in [0.15, 0.2) is 11.4 Å². The minimum absolute atomic E-state index is 0.0273. The lowest BCUT2D eigenvalue weighted by Crippen LogP contribution is -2.19. The molecule has 1 rings (SSSR count). The van der Waals surface area contributed by atoms with E-state index >= 15 is 0 Å². The van der Waals surface area contributed by atoms with E-state index in [1.807, 2.05) is 0 Å². The highest BCUT2D eigenvalue weighted by molar-refractivity contribution is 14.1. The normalized spacial score (nSPS) is 11.4. The van der Waals surface area contributed by atoms with Gasteiger partial charge in [0.25, 0.3) is 0 Å². The largest absolute Gasteiger partial charge is 0.573 e. The molecule has 0 aliphatic carbocycles. The maximum Gasteiger partial charge on any atom is 0.573 e. The Hall–Kier alpha value is -0.580. The minimum Gasteiger partial charge on any atom is -0.476 e. The zero-order chi connectivity index (χ0) is 13.2. The molecule has 0 radical (unpaired) electrons. The van der Waals surface area contributed by atoms with Gasteiger partial charge in [0.1, 0.15) is 0 Å². The van der Waals surface area contributed by atoms with Crippen molar-refractivity contribution in [3.63, 3.8) is 0 Å². The van der Waals surface area contributed by atoms with Crippen molar-refractivity contribution in [2.75, 3.05) is 0 Å². The summed E-state index contributed by atoms with van der Waals surface area (Å²) in [6.07, 6.45) is -4.10. The number of alkyl halides is 4. The Labute approximate surface area is 115 Å². The maximum atomic E-state index is 12.1. The van der Waals surface area contributed by atoms with Gasteiger partial charge < -0.3 is 9.84 Å². The van der Waals surface area contributed by atoms with Crippen molar-refractivity contribution in [1.29, 1.82) is 0 Å². The third-order valence-electron chi connectivity index (χ3n) is 1.64. The zero-order valence-corrected chi connectivity index (χ0v) is 11.6. The van der Waals surface area contributed by atoms with Crippen molar-refractivity contribution in [3.8, 4) is 5.75 Å². The van der Waals surface area contributed by atoms with Crippen LogP contribution in [0.4, 0.5) is 13.2 Å². The molecule has 0 spiro atoms. The van der Waals surface area contributed by atoms with E-state index in [0.29, 0.717) is 0 Å². The molecule has 1 N–H and O–H groups in total. The fourth-order valence-corrected chi connectivity index (χ4v) is 2.90. The van der Waals surface area contributed by atoms with Crippen LogP contribution >= 0.6 is 38.5 Å². The van der Waals surface area contributed by atoms with E-state index in [0.717, 1.165) is 6.20 Å². The Kier molecular flexibility index (Phi) is 4.58. The van der Waals surface area contributed by atoms with Crippen LogP contribution in [0.15, 0.2) is 6.20 Å². The highest BCUT2D eigenvalue weighted by atomic mass is 127. The van der Waals surface area contributed by atoms with Crippen LogP contribution in [-0.2, 0) is 5.33 Å². The van der Waals surface area contributed by atoms with Gasteiger partial charge >= 0.3 is 12.3 Å². The van der Waals surface area contributed by atoms with Gasteiger partial charge in [-0.3, -0.25) is 0 Å². The number of ether oxygens (including phenoxy) is 1. The summed E-state index contributed by atoms with van der Waals surface area (Å²) in [5, 5.41) is 8.79. The first-order chi connectivity index (χ1) is 7.76. The molecule has 0 aliphatic heterocycles. The molecule has 0 atom stereocenters. The van der Waals surface area contributed by atoms with Crippen LogP contribution in [0.1, 0.15) is 16.1 Å². The quantitative estimate of drug-likeness (QED) is 0.597. The number of hydrogen-bond donors (Lipinski definition) is 1. The summed E-state index contributed by atoms with van der Waals surface area (Å²) < 4.78 is 40.0. The monoisotopic (exact) mass is 425 g/mol. The lowest BCUT2D eigenvalue weighted by atomic mass is 10.2. The van der Waals surface area contributed by atoms with Crippen molar-refractivity contribution in [2.24, 2.45) is 0 Å². The van der Waals surface area contributed by atoms with Gasteiger partial charge in [0.2, 0.25) is 0 Å². The van der Waals surface area contributed by atoms with Crippen LogP contribution in [0, 0.1) is 3.57 Å². The minimum atomic E-state index is -4.84. The van der Waals surface area contributed by atoms with E-state index in [9.17, 15) is 18.0 Å². The van der Waals surface area contributed by atoms with Crippen molar-refractivity contribution < 1.29 is 27.8 Å². The summed E-state index contributed by atoms with van der Waals surface area (Å²) in [5.74, 6) is -1.82. The summed E-state index contributed by atoms with van der Waals surface area (Å²) in [6, 6.07) is 0. The van der Waals surface area contributed by atoms with E-state index in [4.69, 9.17) is 5.11 Å². The molecule has 0 aromatic carbocycles. The molecule has 0 saturated carbocycles. The molecule has 0 amide bonds. The molecular weight excluding hydrogens is 422 g/mol. The maximum absolute atomic E-state index is 12.1. The first kappa shape index (κ1) is 14.5. The molecule has 1 heterocycles. The number of aromatic carboxylic acids is 1. The molecule has 0 unspecified atom stereocenters. The molecule has 9 heteroatoms. The van der Waals surface area contributed by atoms with Gasteiger partial charge in [0.05, 0.1) is 9.77 Å². The van der Waals surface area contributed by atoms with Crippen LogP contribution in [0.5, 0.6) is 5.75 Å². The molecule has 1 aromatic heterocycles. The Morgan fingerprint density at radius 3 is 2.59 bits per heavy atom. The zero-order valence-electron chi connectivity index (χ0n) is 7.89. The SMILES string of the molecule is O=C(O)c1ncc(OC(F)(F)F)c(CBr)c1I. The van der Waals surface area contributed by atoms with Crippen molar-refractivity contribution in [3.05, 3.63) is 21.0 Å². The highest BCUT2D eigenvalue weighted by Gasteiger charge is 2.33. The van der Waals surface area contributed by atoms with Crippen LogP contribution in [0.3, 0.4) is 0 Å². The Morgan fingerprint density at radius 1 is 1.59 bits per heavy atom. The van der Waals surface area contributed by atoms with Gasteiger partial charge in [-0.1, -0.05) is 15.9 Å².